The quantitative estimate of drug-likeness (QED) is 0.721. The lowest BCUT2D eigenvalue weighted by molar-refractivity contribution is -0.159. The number of rotatable bonds is 1. The Morgan fingerprint density at radius 3 is 2.54 bits per heavy atom. The topological polar surface area (TPSA) is 57.5 Å². The van der Waals surface area contributed by atoms with Crippen molar-refractivity contribution in [2.75, 3.05) is 0 Å². The van der Waals surface area contributed by atoms with Crippen molar-refractivity contribution in [1.29, 1.82) is 0 Å². The van der Waals surface area contributed by atoms with Crippen LogP contribution in [0.15, 0.2) is 11.6 Å². The molecule has 0 spiro atoms. The molecule has 2 N–H and O–H groups in total. The standard InChI is InChI=1S/C21H32O3/c1-13(22)21(24)11-8-18-16-5-4-14-12-15(23)6-9-19(14,2)17(16)7-10-20(18,21)3/h4,15-18,23-24H,5-12H2,1-3H3/t15?,16-,17-,18+,19-,20-,21-/m0/s1. The summed E-state index contributed by atoms with van der Waals surface area (Å²) < 4.78 is 0. The summed E-state index contributed by atoms with van der Waals surface area (Å²) in [6, 6.07) is 0. The number of aliphatic hydroxyl groups excluding tert-OH is 1. The van der Waals surface area contributed by atoms with Gasteiger partial charge in [0.25, 0.3) is 0 Å². The fourth-order valence-corrected chi connectivity index (χ4v) is 7.24. The van der Waals surface area contributed by atoms with Gasteiger partial charge in [0, 0.05) is 5.41 Å². The molecule has 0 aromatic carbocycles. The number of hydrogen-bond donors (Lipinski definition) is 2. The predicted molar refractivity (Wildman–Crippen MR) is 93.3 cm³/mol. The highest BCUT2D eigenvalue weighted by Crippen LogP contribution is 2.67. The third-order valence-electron chi connectivity index (χ3n) is 8.81. The fraction of sp³-hybridized carbons (Fsp3) is 0.857. The Labute approximate surface area is 145 Å². The Morgan fingerprint density at radius 2 is 1.83 bits per heavy atom. The largest absolute Gasteiger partial charge is 0.393 e. The van der Waals surface area contributed by atoms with Gasteiger partial charge >= 0.3 is 0 Å². The van der Waals surface area contributed by atoms with E-state index in [4.69, 9.17) is 0 Å². The lowest BCUT2D eigenvalue weighted by Crippen LogP contribution is -2.56. The average molecular weight is 332 g/mol. The van der Waals surface area contributed by atoms with E-state index >= 15 is 0 Å². The van der Waals surface area contributed by atoms with Gasteiger partial charge in [-0.25, -0.2) is 0 Å². The molecule has 4 aliphatic rings. The van der Waals surface area contributed by atoms with Crippen LogP contribution in [0.5, 0.6) is 0 Å². The molecule has 4 aliphatic carbocycles. The average Bonchev–Trinajstić information content (AvgIpc) is 2.81. The third kappa shape index (κ3) is 1.94. The minimum absolute atomic E-state index is 0.0370. The predicted octanol–water partition coefficient (Wildman–Crippen LogP) is 3.63. The Balaban J connectivity index is 1.69. The van der Waals surface area contributed by atoms with Gasteiger partial charge in [0.2, 0.25) is 0 Å². The van der Waals surface area contributed by atoms with Crippen LogP contribution in [-0.2, 0) is 4.79 Å². The van der Waals surface area contributed by atoms with E-state index in [9.17, 15) is 15.0 Å². The lowest BCUT2D eigenvalue weighted by Gasteiger charge is -2.58. The van der Waals surface area contributed by atoms with Gasteiger partial charge in [-0.3, -0.25) is 4.79 Å². The zero-order valence-electron chi connectivity index (χ0n) is 15.3. The highest BCUT2D eigenvalue weighted by atomic mass is 16.3. The second-order valence-electron chi connectivity index (χ2n) is 9.57. The Bertz CT molecular complexity index is 596. The molecule has 3 fully saturated rings. The molecule has 0 bridgehead atoms. The summed E-state index contributed by atoms with van der Waals surface area (Å²) in [5.41, 5.74) is 0.331. The van der Waals surface area contributed by atoms with Crippen LogP contribution < -0.4 is 0 Å². The van der Waals surface area contributed by atoms with Crippen molar-refractivity contribution in [1.82, 2.24) is 0 Å². The molecule has 0 amide bonds. The molecular formula is C21H32O3. The first kappa shape index (κ1) is 16.8. The minimum atomic E-state index is -1.11. The van der Waals surface area contributed by atoms with E-state index in [0.29, 0.717) is 24.2 Å². The smallest absolute Gasteiger partial charge is 0.161 e. The summed E-state index contributed by atoms with van der Waals surface area (Å²) in [5.74, 6) is 1.65. The van der Waals surface area contributed by atoms with Crippen LogP contribution in [0, 0.1) is 28.6 Å². The molecule has 0 aliphatic heterocycles. The first-order valence-electron chi connectivity index (χ1n) is 9.83. The van der Waals surface area contributed by atoms with E-state index in [1.54, 1.807) is 6.92 Å². The molecule has 0 aromatic heterocycles. The first-order chi connectivity index (χ1) is 11.2. The number of allylic oxidation sites excluding steroid dienone is 1. The molecule has 1 unspecified atom stereocenters. The molecule has 3 saturated carbocycles. The van der Waals surface area contributed by atoms with Crippen molar-refractivity contribution in [2.24, 2.45) is 28.6 Å². The summed E-state index contributed by atoms with van der Waals surface area (Å²) in [6.45, 7) is 6.16. The molecule has 24 heavy (non-hydrogen) atoms. The van der Waals surface area contributed by atoms with Gasteiger partial charge in [0.05, 0.1) is 6.10 Å². The summed E-state index contributed by atoms with van der Waals surface area (Å²) >= 11 is 0. The van der Waals surface area contributed by atoms with Crippen LogP contribution in [0.4, 0.5) is 0 Å². The van der Waals surface area contributed by atoms with E-state index in [-0.39, 0.29) is 22.7 Å². The molecule has 4 rings (SSSR count). The van der Waals surface area contributed by atoms with Gasteiger partial charge in [0.15, 0.2) is 5.78 Å². The number of Topliss-reactive ketones (excluding diaryl/α,β-unsaturated/α-hetero) is 1. The summed E-state index contributed by atoms with van der Waals surface area (Å²) in [6.07, 6.45) is 9.84. The van der Waals surface area contributed by atoms with Crippen molar-refractivity contribution in [3.8, 4) is 0 Å². The Hall–Kier alpha value is -0.670. The first-order valence-corrected chi connectivity index (χ1v) is 9.83. The monoisotopic (exact) mass is 332 g/mol. The number of carbonyl (C=O) groups is 1. The van der Waals surface area contributed by atoms with Gasteiger partial charge in [0.1, 0.15) is 5.60 Å². The molecule has 3 nitrogen and oxygen atoms in total. The number of carbonyl (C=O) groups excluding carboxylic acids is 1. The zero-order chi connectivity index (χ0) is 17.3. The fourth-order valence-electron chi connectivity index (χ4n) is 7.24. The van der Waals surface area contributed by atoms with Crippen LogP contribution in [0.25, 0.3) is 0 Å². The lowest BCUT2D eigenvalue weighted by atomic mass is 9.47. The SMILES string of the molecule is CC(=O)[C@@]1(O)CC[C@@H]2[C@H]3CC=C4CC(O)CC[C@]4(C)[C@H]3CC[C@@]21C. The Morgan fingerprint density at radius 1 is 1.12 bits per heavy atom. The molecule has 7 atom stereocenters. The van der Waals surface area contributed by atoms with Crippen LogP contribution in [0.1, 0.15) is 72.1 Å². The van der Waals surface area contributed by atoms with E-state index in [0.717, 1.165) is 44.9 Å². The number of fused-ring (bicyclic) bond motifs is 5. The van der Waals surface area contributed by atoms with E-state index in [2.05, 4.69) is 19.9 Å². The third-order valence-corrected chi connectivity index (χ3v) is 8.81. The zero-order valence-corrected chi connectivity index (χ0v) is 15.3. The van der Waals surface area contributed by atoms with Crippen LogP contribution in [0.2, 0.25) is 0 Å². The molecular weight excluding hydrogens is 300 g/mol. The maximum absolute atomic E-state index is 12.2. The van der Waals surface area contributed by atoms with E-state index < -0.39 is 5.60 Å². The summed E-state index contributed by atoms with van der Waals surface area (Å²) in [4.78, 5) is 12.2. The van der Waals surface area contributed by atoms with Crippen molar-refractivity contribution >= 4 is 5.78 Å². The molecule has 3 heteroatoms. The van der Waals surface area contributed by atoms with Crippen molar-refractivity contribution < 1.29 is 15.0 Å². The number of hydrogen-bond acceptors (Lipinski definition) is 3. The van der Waals surface area contributed by atoms with E-state index in [1.807, 2.05) is 0 Å². The molecule has 0 radical (unpaired) electrons. The molecule has 0 heterocycles. The van der Waals surface area contributed by atoms with Crippen LogP contribution in [0.3, 0.4) is 0 Å². The van der Waals surface area contributed by atoms with Crippen LogP contribution >= 0.6 is 0 Å². The summed E-state index contributed by atoms with van der Waals surface area (Å²) in [5, 5.41) is 21.2. The van der Waals surface area contributed by atoms with Gasteiger partial charge in [-0.1, -0.05) is 25.5 Å². The normalized spacial score (nSPS) is 53.6. The molecule has 0 saturated heterocycles. The second kappa shape index (κ2) is 5.17. The van der Waals surface area contributed by atoms with Crippen molar-refractivity contribution in [3.63, 3.8) is 0 Å². The van der Waals surface area contributed by atoms with E-state index in [1.165, 1.54) is 5.57 Å². The maximum atomic E-state index is 12.2. The maximum Gasteiger partial charge on any atom is 0.161 e. The van der Waals surface area contributed by atoms with Gasteiger partial charge in [-0.05, 0) is 81.5 Å². The molecule has 0 aromatic rings. The van der Waals surface area contributed by atoms with Crippen molar-refractivity contribution in [2.45, 2.75) is 83.8 Å². The highest BCUT2D eigenvalue weighted by molar-refractivity contribution is 5.86. The van der Waals surface area contributed by atoms with Crippen molar-refractivity contribution in [3.05, 3.63) is 11.6 Å². The van der Waals surface area contributed by atoms with Gasteiger partial charge in [-0.2, -0.15) is 0 Å². The number of aliphatic hydroxyl groups is 2. The minimum Gasteiger partial charge on any atom is -0.393 e. The second-order valence-corrected chi connectivity index (χ2v) is 9.57. The van der Waals surface area contributed by atoms with Gasteiger partial charge < -0.3 is 10.2 Å². The number of ketones is 1. The molecule has 134 valence electrons. The van der Waals surface area contributed by atoms with Gasteiger partial charge in [-0.15, -0.1) is 0 Å². The Kier molecular flexibility index (Phi) is 3.61. The van der Waals surface area contributed by atoms with Crippen LogP contribution in [-0.4, -0.2) is 27.7 Å². The highest BCUT2D eigenvalue weighted by Gasteiger charge is 2.65. The summed E-state index contributed by atoms with van der Waals surface area (Å²) in [7, 11) is 0.